The van der Waals surface area contributed by atoms with Gasteiger partial charge in [-0.2, -0.15) is 0 Å². The Morgan fingerprint density at radius 1 is 0.929 bits per heavy atom. The third kappa shape index (κ3) is 6.94. The summed E-state index contributed by atoms with van der Waals surface area (Å²) in [6.07, 6.45) is 2.73. The molecule has 2 aromatic rings. The van der Waals surface area contributed by atoms with Gasteiger partial charge in [-0.15, -0.1) is 0 Å². The third-order valence-corrected chi connectivity index (χ3v) is 5.06. The van der Waals surface area contributed by atoms with E-state index in [-0.39, 0.29) is 0 Å². The summed E-state index contributed by atoms with van der Waals surface area (Å²) in [4.78, 5) is 13.7. The smallest absolute Gasteiger partial charge is 0.191 e. The normalized spacial score (nSPS) is 16.1. The van der Waals surface area contributed by atoms with Crippen molar-refractivity contribution >= 4 is 5.96 Å². The average Bonchev–Trinajstić information content (AvgIpc) is 2.75. The molecule has 0 aliphatic carbocycles. The van der Waals surface area contributed by atoms with Gasteiger partial charge in [-0.05, 0) is 17.7 Å². The zero-order chi connectivity index (χ0) is 19.4. The number of hydrogen-bond donors (Lipinski definition) is 2. The highest BCUT2D eigenvalue weighted by Crippen LogP contribution is 2.07. The molecule has 1 aliphatic heterocycles. The highest BCUT2D eigenvalue weighted by atomic mass is 15.3. The van der Waals surface area contributed by atoms with Gasteiger partial charge in [0, 0.05) is 77.7 Å². The number of aromatic nitrogens is 1. The van der Waals surface area contributed by atoms with Gasteiger partial charge in [-0.25, -0.2) is 0 Å². The Morgan fingerprint density at radius 3 is 2.36 bits per heavy atom. The van der Waals surface area contributed by atoms with Crippen molar-refractivity contribution in [3.05, 3.63) is 66.0 Å². The van der Waals surface area contributed by atoms with Crippen LogP contribution in [-0.2, 0) is 13.0 Å². The number of piperazine rings is 1. The van der Waals surface area contributed by atoms with Crippen LogP contribution >= 0.6 is 0 Å². The van der Waals surface area contributed by atoms with E-state index in [0.29, 0.717) is 0 Å². The fourth-order valence-electron chi connectivity index (χ4n) is 3.42. The molecule has 6 heteroatoms. The highest BCUT2D eigenvalue weighted by molar-refractivity contribution is 5.79. The van der Waals surface area contributed by atoms with Crippen LogP contribution in [0.25, 0.3) is 0 Å². The van der Waals surface area contributed by atoms with Crippen LogP contribution in [0.15, 0.2) is 59.7 Å². The topological polar surface area (TPSA) is 55.8 Å². The molecule has 1 aliphatic rings. The molecule has 0 unspecified atom stereocenters. The summed E-state index contributed by atoms with van der Waals surface area (Å²) in [6.45, 7) is 8.34. The van der Waals surface area contributed by atoms with Crippen LogP contribution in [0, 0.1) is 0 Å². The standard InChI is InChI=1S/C22H32N6/c1-23-22(25-12-10-21-9-5-6-11-24-21)26-13-14-27-15-17-28(18-16-27)19-20-7-3-2-4-8-20/h2-9,11H,10,12-19H2,1H3,(H2,23,25,26). The SMILES string of the molecule is CN=C(NCCc1ccccn1)NCCN1CCN(Cc2ccccc2)CC1. The summed E-state index contributed by atoms with van der Waals surface area (Å²) in [7, 11) is 1.82. The number of rotatable bonds is 8. The molecule has 28 heavy (non-hydrogen) atoms. The van der Waals surface area contributed by atoms with Crippen molar-refractivity contribution in [2.24, 2.45) is 4.99 Å². The van der Waals surface area contributed by atoms with E-state index in [1.807, 2.05) is 25.4 Å². The number of aliphatic imine (C=N–C) groups is 1. The number of nitrogens with one attached hydrogen (secondary N) is 2. The average molecular weight is 381 g/mol. The van der Waals surface area contributed by atoms with Gasteiger partial charge in [-0.3, -0.25) is 19.8 Å². The molecule has 1 aromatic heterocycles. The molecule has 0 amide bonds. The second kappa shape index (κ2) is 11.4. The zero-order valence-corrected chi connectivity index (χ0v) is 16.8. The fraction of sp³-hybridized carbons (Fsp3) is 0.455. The quantitative estimate of drug-likeness (QED) is 0.538. The molecule has 0 bridgehead atoms. The highest BCUT2D eigenvalue weighted by Gasteiger charge is 2.16. The van der Waals surface area contributed by atoms with E-state index in [1.165, 1.54) is 5.56 Å². The number of pyridine rings is 1. The van der Waals surface area contributed by atoms with Gasteiger partial charge in [-0.1, -0.05) is 36.4 Å². The predicted octanol–water partition coefficient (Wildman–Crippen LogP) is 1.61. The van der Waals surface area contributed by atoms with Crippen molar-refractivity contribution in [1.29, 1.82) is 0 Å². The van der Waals surface area contributed by atoms with Crippen LogP contribution in [-0.4, -0.2) is 73.6 Å². The van der Waals surface area contributed by atoms with Crippen molar-refractivity contribution in [1.82, 2.24) is 25.4 Å². The van der Waals surface area contributed by atoms with Crippen LogP contribution in [0.3, 0.4) is 0 Å². The molecule has 2 heterocycles. The first-order valence-corrected chi connectivity index (χ1v) is 10.2. The summed E-state index contributed by atoms with van der Waals surface area (Å²) >= 11 is 0. The van der Waals surface area contributed by atoms with E-state index in [2.05, 4.69) is 66.8 Å². The van der Waals surface area contributed by atoms with E-state index >= 15 is 0 Å². The van der Waals surface area contributed by atoms with Gasteiger partial charge in [0.25, 0.3) is 0 Å². The minimum Gasteiger partial charge on any atom is -0.356 e. The van der Waals surface area contributed by atoms with E-state index < -0.39 is 0 Å². The Bertz CT molecular complexity index is 695. The maximum absolute atomic E-state index is 4.35. The molecule has 6 nitrogen and oxygen atoms in total. The molecule has 150 valence electrons. The van der Waals surface area contributed by atoms with Gasteiger partial charge in [0.05, 0.1) is 0 Å². The second-order valence-electron chi connectivity index (χ2n) is 7.10. The Hall–Kier alpha value is -2.44. The van der Waals surface area contributed by atoms with Gasteiger partial charge in [0.2, 0.25) is 0 Å². The van der Waals surface area contributed by atoms with Crippen LogP contribution in [0.4, 0.5) is 0 Å². The lowest BCUT2D eigenvalue weighted by molar-refractivity contribution is 0.129. The molecular weight excluding hydrogens is 348 g/mol. The Balaban J connectivity index is 1.28. The molecule has 0 saturated carbocycles. The van der Waals surface area contributed by atoms with E-state index in [9.17, 15) is 0 Å². The molecule has 2 N–H and O–H groups in total. The molecule has 1 fully saturated rings. The summed E-state index contributed by atoms with van der Waals surface area (Å²) in [6, 6.07) is 16.8. The maximum Gasteiger partial charge on any atom is 0.191 e. The van der Waals surface area contributed by atoms with Gasteiger partial charge < -0.3 is 10.6 Å². The largest absolute Gasteiger partial charge is 0.356 e. The third-order valence-electron chi connectivity index (χ3n) is 5.06. The van der Waals surface area contributed by atoms with Crippen molar-refractivity contribution in [3.63, 3.8) is 0 Å². The minimum absolute atomic E-state index is 0.828. The summed E-state index contributed by atoms with van der Waals surface area (Å²) in [5.74, 6) is 0.860. The van der Waals surface area contributed by atoms with Crippen molar-refractivity contribution < 1.29 is 0 Å². The summed E-state index contributed by atoms with van der Waals surface area (Å²) in [5.41, 5.74) is 2.50. The molecule has 0 spiro atoms. The van der Waals surface area contributed by atoms with Crippen LogP contribution in [0.1, 0.15) is 11.3 Å². The fourth-order valence-corrected chi connectivity index (χ4v) is 3.42. The summed E-state index contributed by atoms with van der Waals surface area (Å²) < 4.78 is 0. The lowest BCUT2D eigenvalue weighted by Crippen LogP contribution is -2.49. The van der Waals surface area contributed by atoms with E-state index in [4.69, 9.17) is 0 Å². The molecule has 1 aromatic carbocycles. The van der Waals surface area contributed by atoms with Crippen molar-refractivity contribution in [2.75, 3.05) is 52.9 Å². The first-order chi connectivity index (χ1) is 13.8. The zero-order valence-electron chi connectivity index (χ0n) is 16.8. The first kappa shape index (κ1) is 20.3. The lowest BCUT2D eigenvalue weighted by Gasteiger charge is -2.34. The lowest BCUT2D eigenvalue weighted by atomic mass is 10.2. The van der Waals surface area contributed by atoms with E-state index in [0.717, 1.165) is 70.4 Å². The van der Waals surface area contributed by atoms with E-state index in [1.54, 1.807) is 0 Å². The van der Waals surface area contributed by atoms with Crippen LogP contribution in [0.2, 0.25) is 0 Å². The first-order valence-electron chi connectivity index (χ1n) is 10.2. The molecular formula is C22H32N6. The van der Waals surface area contributed by atoms with Gasteiger partial charge in [0.1, 0.15) is 0 Å². The van der Waals surface area contributed by atoms with Crippen molar-refractivity contribution in [2.45, 2.75) is 13.0 Å². The monoisotopic (exact) mass is 380 g/mol. The molecule has 0 radical (unpaired) electrons. The molecule has 3 rings (SSSR count). The Labute approximate surface area is 168 Å². The summed E-state index contributed by atoms with van der Waals surface area (Å²) in [5, 5.41) is 6.78. The van der Waals surface area contributed by atoms with Gasteiger partial charge >= 0.3 is 0 Å². The molecule has 0 atom stereocenters. The number of benzene rings is 1. The predicted molar refractivity (Wildman–Crippen MR) is 115 cm³/mol. The molecule has 1 saturated heterocycles. The second-order valence-corrected chi connectivity index (χ2v) is 7.10. The van der Waals surface area contributed by atoms with Crippen LogP contribution in [0.5, 0.6) is 0 Å². The maximum atomic E-state index is 4.35. The van der Waals surface area contributed by atoms with Gasteiger partial charge in [0.15, 0.2) is 5.96 Å². The van der Waals surface area contributed by atoms with Crippen molar-refractivity contribution in [3.8, 4) is 0 Å². The number of guanidine groups is 1. The van der Waals surface area contributed by atoms with Crippen LogP contribution < -0.4 is 10.6 Å². The Kier molecular flexibility index (Phi) is 8.27. The minimum atomic E-state index is 0.828. The number of hydrogen-bond acceptors (Lipinski definition) is 4. The Morgan fingerprint density at radius 2 is 1.64 bits per heavy atom. The number of nitrogens with zero attached hydrogens (tertiary/aromatic N) is 4.